The van der Waals surface area contributed by atoms with E-state index in [0.717, 1.165) is 13.8 Å². The Bertz CT molecular complexity index is 174. The Labute approximate surface area is 141 Å². The molecule has 1 aliphatic carbocycles. The summed E-state index contributed by atoms with van der Waals surface area (Å²) in [6, 6.07) is 0.536. The molecule has 0 aromatic heterocycles. The number of aliphatic carboxylic acids is 2. The molecule has 0 heterocycles. The normalized spacial score (nSPS) is 11.9. The van der Waals surface area contributed by atoms with Crippen LogP contribution in [0.15, 0.2) is 0 Å². The fraction of sp³-hybridized carbons (Fsp3) is 0.800. The maximum absolute atomic E-state index is 8.89. The van der Waals surface area contributed by atoms with E-state index in [1.54, 1.807) is 0 Å². The number of carboxylic acids is 2. The van der Waals surface area contributed by atoms with E-state index < -0.39 is 11.9 Å². The van der Waals surface area contributed by atoms with Crippen LogP contribution in [0.4, 0.5) is 0 Å². The van der Waals surface area contributed by atoms with Gasteiger partial charge >= 0.3 is 21.1 Å². The van der Waals surface area contributed by atoms with Crippen molar-refractivity contribution in [1.82, 2.24) is 6.15 Å². The van der Waals surface area contributed by atoms with E-state index in [-0.39, 0.29) is 52.0 Å². The van der Waals surface area contributed by atoms with Crippen molar-refractivity contribution < 1.29 is 65.7 Å². The molecule has 0 bridgehead atoms. The minimum absolute atomic E-state index is 0. The van der Waals surface area contributed by atoms with Crippen LogP contribution in [0.2, 0.25) is 0 Å². The summed E-state index contributed by atoms with van der Waals surface area (Å²) in [5.74, 6) is -2.17. The first-order chi connectivity index (χ1) is 6.86. The quantitative estimate of drug-likeness (QED) is 0.340. The van der Waals surface area contributed by atoms with Crippen LogP contribution in [0.25, 0.3) is 0 Å². The molecule has 0 aliphatic heterocycles. The molecule has 0 aromatic carbocycles. The van der Waals surface area contributed by atoms with Crippen molar-refractivity contribution in [3.63, 3.8) is 0 Å². The molecule has 5 N–H and O–H groups in total. The molecular formula is C10H22Cl2N2O4Pt. The second-order valence-corrected chi connectivity index (χ2v) is 3.38. The van der Waals surface area contributed by atoms with Crippen molar-refractivity contribution in [3.8, 4) is 0 Å². The molecule has 0 radical (unpaired) electrons. The SMILES string of the molecule is CC(=O)[O-].CC(=O)[O-].N.NC1CCCCC1.[193Pt+4].[Cl-].[Cl-]. The minimum Gasteiger partial charge on any atom is -1.00 e. The molecule has 120 valence electrons. The molecule has 1 saturated carbocycles. The Morgan fingerprint density at radius 3 is 1.26 bits per heavy atom. The summed E-state index contributed by atoms with van der Waals surface area (Å²) in [6.45, 7) is 1.94. The van der Waals surface area contributed by atoms with Gasteiger partial charge in [-0.3, -0.25) is 0 Å². The first-order valence-corrected chi connectivity index (χ1v) is 4.97. The Morgan fingerprint density at radius 1 is 0.947 bits per heavy atom. The van der Waals surface area contributed by atoms with Crippen LogP contribution in [0.1, 0.15) is 46.0 Å². The standard InChI is InChI=1S/C6H13N.2C2H4O2.2ClH.H3N.Pt/c7-6-4-2-1-3-5-6;2*1-2(3)4;;;;/h6H,1-5,7H2;2*1H3,(H,3,4);2*1H;1H3;/q;;;;;;+4/p-4/i;;;;;;1-2. The van der Waals surface area contributed by atoms with Gasteiger partial charge in [0, 0.05) is 18.0 Å². The summed E-state index contributed by atoms with van der Waals surface area (Å²) in [4.78, 5) is 17.8. The smallest absolute Gasteiger partial charge is 1.00 e. The zero-order chi connectivity index (χ0) is 12.3. The number of carbonyl (C=O) groups is 2. The van der Waals surface area contributed by atoms with Crippen molar-refractivity contribution in [2.45, 2.75) is 52.0 Å². The third kappa shape index (κ3) is 71.4. The van der Waals surface area contributed by atoms with Gasteiger partial charge in [0.25, 0.3) is 0 Å². The van der Waals surface area contributed by atoms with Crippen LogP contribution in [-0.2, 0) is 30.7 Å². The summed E-state index contributed by atoms with van der Waals surface area (Å²) in [6.07, 6.45) is 6.66. The van der Waals surface area contributed by atoms with Gasteiger partial charge in [0.05, 0.1) is 0 Å². The topological polar surface area (TPSA) is 141 Å². The predicted octanol–water partition coefficient (Wildman–Crippen LogP) is -7.04. The fourth-order valence-corrected chi connectivity index (χ4v) is 1.13. The largest absolute Gasteiger partial charge is 4.00 e. The number of hydrogen-bond donors (Lipinski definition) is 2. The first-order valence-electron chi connectivity index (χ1n) is 4.97. The van der Waals surface area contributed by atoms with Gasteiger partial charge in [-0.2, -0.15) is 0 Å². The number of rotatable bonds is 0. The number of hydrogen-bond acceptors (Lipinski definition) is 6. The van der Waals surface area contributed by atoms with Crippen LogP contribution in [0.3, 0.4) is 0 Å². The third-order valence-corrected chi connectivity index (χ3v) is 1.65. The van der Waals surface area contributed by atoms with Crippen LogP contribution >= 0.6 is 0 Å². The maximum atomic E-state index is 8.89. The van der Waals surface area contributed by atoms with Crippen molar-refractivity contribution >= 4 is 11.9 Å². The molecule has 0 saturated heterocycles. The average molecular weight is 498 g/mol. The van der Waals surface area contributed by atoms with Gasteiger partial charge in [-0.1, -0.05) is 19.3 Å². The molecule has 19 heavy (non-hydrogen) atoms. The summed E-state index contributed by atoms with van der Waals surface area (Å²) < 4.78 is 0. The molecule has 9 heteroatoms. The molecule has 0 aromatic rings. The second-order valence-electron chi connectivity index (χ2n) is 3.38. The summed E-state index contributed by atoms with van der Waals surface area (Å²) >= 11 is 0. The number of carboxylic acid groups (broad SMARTS) is 2. The summed E-state index contributed by atoms with van der Waals surface area (Å²) in [5, 5.41) is 17.8. The van der Waals surface area contributed by atoms with Crippen molar-refractivity contribution in [3.05, 3.63) is 0 Å². The molecular weight excluding hydrogens is 476 g/mol. The Hall–Kier alpha value is 0.128. The Kier molecular flexibility index (Phi) is 51.1. The van der Waals surface area contributed by atoms with Gasteiger partial charge in [0.15, 0.2) is 0 Å². The van der Waals surface area contributed by atoms with Crippen LogP contribution in [0.5, 0.6) is 0 Å². The van der Waals surface area contributed by atoms with Gasteiger partial charge < -0.3 is 56.5 Å². The first kappa shape index (κ1) is 36.5. The number of halogens is 2. The van der Waals surface area contributed by atoms with E-state index in [4.69, 9.17) is 25.5 Å². The third-order valence-electron chi connectivity index (χ3n) is 1.65. The molecule has 0 atom stereocenters. The zero-order valence-corrected chi connectivity index (χ0v) is 14.9. The van der Waals surface area contributed by atoms with E-state index >= 15 is 0 Å². The minimum atomic E-state index is -1.08. The van der Waals surface area contributed by atoms with Crippen molar-refractivity contribution in [2.75, 3.05) is 0 Å². The van der Waals surface area contributed by atoms with Crippen molar-refractivity contribution in [2.24, 2.45) is 5.73 Å². The van der Waals surface area contributed by atoms with E-state index in [1.165, 1.54) is 32.1 Å². The molecule has 0 spiro atoms. The maximum Gasteiger partial charge on any atom is 4.00 e. The van der Waals surface area contributed by atoms with E-state index in [2.05, 4.69) is 0 Å². The van der Waals surface area contributed by atoms with Crippen LogP contribution < -0.4 is 46.9 Å². The fourth-order valence-electron chi connectivity index (χ4n) is 1.13. The summed E-state index contributed by atoms with van der Waals surface area (Å²) in [7, 11) is 0. The average Bonchev–Trinajstić information content (AvgIpc) is 2.03. The Morgan fingerprint density at radius 2 is 1.16 bits per heavy atom. The summed E-state index contributed by atoms with van der Waals surface area (Å²) in [5.41, 5.74) is 5.63. The molecule has 1 aliphatic rings. The van der Waals surface area contributed by atoms with Gasteiger partial charge in [0.2, 0.25) is 0 Å². The van der Waals surface area contributed by atoms with Gasteiger partial charge in [-0.25, -0.2) is 0 Å². The number of carbonyl (C=O) groups excluding carboxylic acids is 2. The Balaban J connectivity index is -0.0000000320. The van der Waals surface area contributed by atoms with E-state index in [0.29, 0.717) is 6.04 Å². The molecule has 0 unspecified atom stereocenters. The molecule has 1 rings (SSSR count). The van der Waals surface area contributed by atoms with E-state index in [9.17, 15) is 0 Å². The van der Waals surface area contributed by atoms with Crippen LogP contribution in [0, 0.1) is 0 Å². The monoisotopic (exact) mass is 497 g/mol. The molecule has 0 amide bonds. The molecule has 1 fully saturated rings. The van der Waals surface area contributed by atoms with Crippen LogP contribution in [-0.4, -0.2) is 18.0 Å². The predicted molar refractivity (Wildman–Crippen MR) is 57.4 cm³/mol. The number of nitrogens with two attached hydrogens (primary N) is 1. The van der Waals surface area contributed by atoms with E-state index in [1.807, 2.05) is 0 Å². The molecule has 6 nitrogen and oxygen atoms in total. The second kappa shape index (κ2) is 26.6. The van der Waals surface area contributed by atoms with Crippen molar-refractivity contribution in [1.29, 1.82) is 0 Å². The van der Waals surface area contributed by atoms with Gasteiger partial charge in [-0.05, 0) is 26.7 Å². The zero-order valence-electron chi connectivity index (χ0n) is 11.1. The van der Waals surface area contributed by atoms with Gasteiger partial charge in [-0.15, -0.1) is 0 Å². The van der Waals surface area contributed by atoms with Gasteiger partial charge in [0.1, 0.15) is 0 Å².